The van der Waals surface area contributed by atoms with Gasteiger partial charge in [-0.1, -0.05) is 20.3 Å². The maximum absolute atomic E-state index is 12.3. The monoisotopic (exact) mass is 274 g/mol. The van der Waals surface area contributed by atoms with Gasteiger partial charge < -0.3 is 19.3 Å². The van der Waals surface area contributed by atoms with Crippen LogP contribution in [0.25, 0.3) is 0 Å². The average Bonchev–Trinajstić information content (AvgIpc) is 2.67. The van der Waals surface area contributed by atoms with Crippen molar-refractivity contribution in [2.45, 2.75) is 64.4 Å². The molecule has 0 aliphatic carbocycles. The van der Waals surface area contributed by atoms with Gasteiger partial charge >= 0.3 is 5.97 Å². The molecule has 0 aromatic heterocycles. The SMILES string of the molecule is CC[C@H](C)[C@H]1OC(C)(C)O[C@]1(CCCO)C(=O)OC. The van der Waals surface area contributed by atoms with Crippen LogP contribution in [0.2, 0.25) is 0 Å². The molecule has 5 heteroatoms. The number of aliphatic hydroxyl groups excluding tert-OH is 1. The largest absolute Gasteiger partial charge is 0.467 e. The number of hydrogen-bond donors (Lipinski definition) is 1. The Morgan fingerprint density at radius 3 is 2.58 bits per heavy atom. The first-order valence-corrected chi connectivity index (χ1v) is 6.90. The van der Waals surface area contributed by atoms with E-state index >= 15 is 0 Å². The second-order valence-corrected chi connectivity index (χ2v) is 5.63. The summed E-state index contributed by atoms with van der Waals surface area (Å²) in [7, 11) is 1.35. The first kappa shape index (κ1) is 16.4. The van der Waals surface area contributed by atoms with Crippen LogP contribution in [0.3, 0.4) is 0 Å². The van der Waals surface area contributed by atoms with E-state index in [2.05, 4.69) is 0 Å². The summed E-state index contributed by atoms with van der Waals surface area (Å²) < 4.78 is 16.8. The lowest BCUT2D eigenvalue weighted by Gasteiger charge is -2.32. The zero-order valence-corrected chi connectivity index (χ0v) is 12.6. The molecule has 0 aromatic rings. The summed E-state index contributed by atoms with van der Waals surface area (Å²) >= 11 is 0. The van der Waals surface area contributed by atoms with Gasteiger partial charge in [0.15, 0.2) is 11.4 Å². The zero-order chi connectivity index (χ0) is 14.7. The van der Waals surface area contributed by atoms with E-state index in [9.17, 15) is 4.79 Å². The van der Waals surface area contributed by atoms with Crippen LogP contribution in [0.15, 0.2) is 0 Å². The third kappa shape index (κ3) is 3.27. The molecule has 5 nitrogen and oxygen atoms in total. The van der Waals surface area contributed by atoms with E-state index in [1.807, 2.05) is 13.8 Å². The van der Waals surface area contributed by atoms with Crippen molar-refractivity contribution in [3.63, 3.8) is 0 Å². The minimum atomic E-state index is -1.11. The molecule has 0 spiro atoms. The van der Waals surface area contributed by atoms with Crippen LogP contribution in [0.1, 0.15) is 47.0 Å². The predicted octanol–water partition coefficient (Wildman–Crippen LogP) is 1.87. The fourth-order valence-corrected chi connectivity index (χ4v) is 2.68. The Balaban J connectivity index is 3.11. The van der Waals surface area contributed by atoms with E-state index in [1.165, 1.54) is 7.11 Å². The van der Waals surface area contributed by atoms with E-state index in [-0.39, 0.29) is 18.6 Å². The van der Waals surface area contributed by atoms with Gasteiger partial charge in [-0.15, -0.1) is 0 Å². The minimum absolute atomic E-state index is 0.00968. The van der Waals surface area contributed by atoms with E-state index in [0.717, 1.165) is 6.42 Å². The summed E-state index contributed by atoms with van der Waals surface area (Å²) in [4.78, 5) is 12.3. The van der Waals surface area contributed by atoms with Crippen LogP contribution in [-0.2, 0) is 19.0 Å². The van der Waals surface area contributed by atoms with E-state index < -0.39 is 17.4 Å². The van der Waals surface area contributed by atoms with E-state index in [4.69, 9.17) is 19.3 Å². The van der Waals surface area contributed by atoms with E-state index in [0.29, 0.717) is 12.8 Å². The third-order valence-electron chi connectivity index (χ3n) is 3.70. The maximum atomic E-state index is 12.3. The number of methoxy groups -OCH3 is 1. The molecule has 1 N–H and O–H groups in total. The second-order valence-electron chi connectivity index (χ2n) is 5.63. The minimum Gasteiger partial charge on any atom is -0.467 e. The Morgan fingerprint density at radius 2 is 2.11 bits per heavy atom. The molecule has 1 heterocycles. The number of rotatable bonds is 6. The Labute approximate surface area is 115 Å². The second kappa shape index (κ2) is 6.20. The smallest absolute Gasteiger partial charge is 0.341 e. The van der Waals surface area contributed by atoms with Gasteiger partial charge in [-0.3, -0.25) is 0 Å². The quantitative estimate of drug-likeness (QED) is 0.749. The van der Waals surface area contributed by atoms with Gasteiger partial charge in [-0.25, -0.2) is 4.79 Å². The summed E-state index contributed by atoms with van der Waals surface area (Å²) in [5.74, 6) is -1.08. The average molecular weight is 274 g/mol. The number of esters is 1. The van der Waals surface area contributed by atoms with Crippen LogP contribution in [0, 0.1) is 5.92 Å². The Hall–Kier alpha value is -0.650. The molecule has 0 bridgehead atoms. The highest BCUT2D eigenvalue weighted by Gasteiger charge is 2.59. The van der Waals surface area contributed by atoms with Crippen molar-refractivity contribution in [1.82, 2.24) is 0 Å². The summed E-state index contributed by atoms with van der Waals surface area (Å²) in [6.07, 6.45) is 1.39. The molecule has 0 unspecified atom stereocenters. The Morgan fingerprint density at radius 1 is 1.47 bits per heavy atom. The molecule has 1 rings (SSSR count). The lowest BCUT2D eigenvalue weighted by molar-refractivity contribution is -0.189. The molecule has 0 radical (unpaired) electrons. The molecule has 112 valence electrons. The highest BCUT2D eigenvalue weighted by molar-refractivity contribution is 5.81. The molecular formula is C14H26O5. The molecule has 1 fully saturated rings. The van der Waals surface area contributed by atoms with Crippen molar-refractivity contribution in [3.05, 3.63) is 0 Å². The molecule has 0 amide bonds. The highest BCUT2D eigenvalue weighted by atomic mass is 16.8. The van der Waals surface area contributed by atoms with Crippen molar-refractivity contribution < 1.29 is 24.1 Å². The lowest BCUT2D eigenvalue weighted by Crippen LogP contribution is -2.51. The Kier molecular flexibility index (Phi) is 5.35. The van der Waals surface area contributed by atoms with Gasteiger partial charge in [0.25, 0.3) is 0 Å². The van der Waals surface area contributed by atoms with Crippen molar-refractivity contribution in [1.29, 1.82) is 0 Å². The summed E-state index contributed by atoms with van der Waals surface area (Å²) in [6.45, 7) is 7.69. The highest BCUT2D eigenvalue weighted by Crippen LogP contribution is 2.44. The summed E-state index contributed by atoms with van der Waals surface area (Å²) in [5.41, 5.74) is -1.11. The number of hydrogen-bond acceptors (Lipinski definition) is 5. The predicted molar refractivity (Wildman–Crippen MR) is 70.6 cm³/mol. The Bertz CT molecular complexity index is 315. The van der Waals surface area contributed by atoms with Gasteiger partial charge in [0.2, 0.25) is 0 Å². The van der Waals surface area contributed by atoms with Crippen LogP contribution >= 0.6 is 0 Å². The fourth-order valence-electron chi connectivity index (χ4n) is 2.68. The molecule has 1 aliphatic rings. The molecule has 19 heavy (non-hydrogen) atoms. The number of aliphatic hydroxyl groups is 1. The van der Waals surface area contributed by atoms with Crippen molar-refractivity contribution >= 4 is 5.97 Å². The number of carbonyl (C=O) groups is 1. The molecule has 0 saturated carbocycles. The van der Waals surface area contributed by atoms with Gasteiger partial charge in [0.1, 0.15) is 6.10 Å². The van der Waals surface area contributed by atoms with Crippen LogP contribution in [0.4, 0.5) is 0 Å². The maximum Gasteiger partial charge on any atom is 0.341 e. The van der Waals surface area contributed by atoms with Gasteiger partial charge in [0, 0.05) is 6.61 Å². The van der Waals surface area contributed by atoms with Gasteiger partial charge in [-0.2, -0.15) is 0 Å². The first-order chi connectivity index (χ1) is 8.83. The molecular weight excluding hydrogens is 248 g/mol. The number of ether oxygens (including phenoxy) is 3. The molecule has 0 aromatic carbocycles. The molecule has 1 aliphatic heterocycles. The summed E-state index contributed by atoms with van der Waals surface area (Å²) in [6, 6.07) is 0. The van der Waals surface area contributed by atoms with Crippen molar-refractivity contribution in [3.8, 4) is 0 Å². The first-order valence-electron chi connectivity index (χ1n) is 6.90. The third-order valence-corrected chi connectivity index (χ3v) is 3.70. The summed E-state index contributed by atoms with van der Waals surface area (Å²) in [5, 5.41) is 9.06. The lowest BCUT2D eigenvalue weighted by atomic mass is 9.83. The van der Waals surface area contributed by atoms with Crippen LogP contribution in [-0.4, -0.2) is 42.3 Å². The fraction of sp³-hybridized carbons (Fsp3) is 0.929. The van der Waals surface area contributed by atoms with E-state index in [1.54, 1.807) is 13.8 Å². The normalized spacial score (nSPS) is 31.2. The van der Waals surface area contributed by atoms with Crippen LogP contribution < -0.4 is 0 Å². The molecule has 1 saturated heterocycles. The zero-order valence-electron chi connectivity index (χ0n) is 12.6. The van der Waals surface area contributed by atoms with Gasteiger partial charge in [-0.05, 0) is 32.6 Å². The van der Waals surface area contributed by atoms with Gasteiger partial charge in [0.05, 0.1) is 7.11 Å². The molecule has 3 atom stereocenters. The van der Waals surface area contributed by atoms with Crippen molar-refractivity contribution in [2.24, 2.45) is 5.92 Å². The standard InChI is InChI=1S/C14H26O5/c1-6-10(2)11-14(8-7-9-15,12(16)17-5)19-13(3,4)18-11/h10-11,15H,6-9H2,1-5H3/t10-,11+,14-/m0/s1. The van der Waals surface area contributed by atoms with Crippen molar-refractivity contribution in [2.75, 3.05) is 13.7 Å². The number of carbonyl (C=O) groups excluding carboxylic acids is 1. The van der Waals surface area contributed by atoms with Crippen LogP contribution in [0.5, 0.6) is 0 Å². The topological polar surface area (TPSA) is 65.0 Å².